The average Bonchev–Trinajstić information content (AvgIpc) is 3.35. The molecule has 3 heterocycles. The molecule has 1 amide bonds. The van der Waals surface area contributed by atoms with Crippen molar-refractivity contribution in [3.05, 3.63) is 52.1 Å². The lowest BCUT2D eigenvalue weighted by Gasteiger charge is -2.23. The smallest absolute Gasteiger partial charge is 0.350 e. The summed E-state index contributed by atoms with van der Waals surface area (Å²) in [7, 11) is 1.02. The summed E-state index contributed by atoms with van der Waals surface area (Å²) in [5.41, 5.74) is -0.0253. The van der Waals surface area contributed by atoms with Gasteiger partial charge < -0.3 is 10.2 Å². The van der Waals surface area contributed by atoms with Crippen LogP contribution in [0.2, 0.25) is 0 Å². The van der Waals surface area contributed by atoms with Crippen molar-refractivity contribution in [2.24, 2.45) is 7.05 Å². The van der Waals surface area contributed by atoms with Crippen molar-refractivity contribution < 1.29 is 18.0 Å². The minimum Gasteiger partial charge on any atom is -0.350 e. The second kappa shape index (κ2) is 7.71. The molecule has 0 aliphatic carbocycles. The average molecular weight is 437 g/mol. The maximum Gasteiger partial charge on any atom is 0.449 e. The number of carbonyl (C=O) groups is 1. The highest BCUT2D eigenvalue weighted by Gasteiger charge is 2.38. The minimum absolute atomic E-state index is 0.0873. The number of alkyl halides is 3. The predicted molar refractivity (Wildman–Crippen MR) is 106 cm³/mol. The Balaban J connectivity index is 1.60. The van der Waals surface area contributed by atoms with E-state index in [1.807, 2.05) is 30.3 Å². The van der Waals surface area contributed by atoms with Crippen molar-refractivity contribution in [3.63, 3.8) is 0 Å². The molecule has 4 rings (SSSR count). The van der Waals surface area contributed by atoms with Crippen LogP contribution in [0.4, 0.5) is 18.3 Å². The Morgan fingerprint density at radius 1 is 1.27 bits per heavy atom. The molecular formula is C19H18F3N5O2S. The van der Waals surface area contributed by atoms with Gasteiger partial charge in [0.15, 0.2) is 15.5 Å². The summed E-state index contributed by atoms with van der Waals surface area (Å²) in [4.78, 5) is 34.6. The van der Waals surface area contributed by atoms with Gasteiger partial charge in [-0.3, -0.25) is 14.2 Å². The number of anilines is 1. The molecule has 1 saturated heterocycles. The van der Waals surface area contributed by atoms with E-state index in [2.05, 4.69) is 15.3 Å². The van der Waals surface area contributed by atoms with Gasteiger partial charge in [-0.1, -0.05) is 41.7 Å². The monoisotopic (exact) mass is 437 g/mol. The summed E-state index contributed by atoms with van der Waals surface area (Å²) in [5, 5.41) is 3.22. The topological polar surface area (TPSA) is 80.1 Å². The Morgan fingerprint density at radius 2 is 2.00 bits per heavy atom. The van der Waals surface area contributed by atoms with Crippen LogP contribution in [0.15, 0.2) is 35.1 Å². The van der Waals surface area contributed by atoms with Crippen molar-refractivity contribution in [3.8, 4) is 0 Å². The number of hydrogen-bond acceptors (Lipinski definition) is 6. The van der Waals surface area contributed by atoms with Crippen LogP contribution in [0.5, 0.6) is 0 Å². The Morgan fingerprint density at radius 3 is 2.70 bits per heavy atom. The molecule has 1 atom stereocenters. The SMILES string of the molecule is Cn1c(C(F)(F)F)nc2sc(N3CCC[C@@H]3C(=O)NCc3ccccc3)nc2c1=O. The van der Waals surface area contributed by atoms with Crippen molar-refractivity contribution in [2.45, 2.75) is 31.6 Å². The van der Waals surface area contributed by atoms with Gasteiger partial charge in [0.25, 0.3) is 5.56 Å². The van der Waals surface area contributed by atoms with E-state index in [0.717, 1.165) is 30.4 Å². The maximum absolute atomic E-state index is 13.2. The maximum atomic E-state index is 13.2. The zero-order valence-electron chi connectivity index (χ0n) is 15.9. The number of thiazole rings is 1. The van der Waals surface area contributed by atoms with E-state index >= 15 is 0 Å². The highest BCUT2D eigenvalue weighted by atomic mass is 32.1. The lowest BCUT2D eigenvalue weighted by Crippen LogP contribution is -2.43. The first-order valence-electron chi connectivity index (χ1n) is 9.29. The quantitative estimate of drug-likeness (QED) is 0.679. The van der Waals surface area contributed by atoms with Crippen molar-refractivity contribution in [1.29, 1.82) is 0 Å². The minimum atomic E-state index is -4.75. The molecule has 1 N–H and O–H groups in total. The van der Waals surface area contributed by atoms with E-state index in [1.165, 1.54) is 0 Å². The third kappa shape index (κ3) is 3.76. The van der Waals surface area contributed by atoms with Crippen LogP contribution in [0.1, 0.15) is 24.2 Å². The van der Waals surface area contributed by atoms with Crippen LogP contribution in [0, 0.1) is 0 Å². The van der Waals surface area contributed by atoms with Gasteiger partial charge in [-0.2, -0.15) is 13.2 Å². The van der Waals surface area contributed by atoms with Crippen LogP contribution < -0.4 is 15.8 Å². The summed E-state index contributed by atoms with van der Waals surface area (Å²) in [6.07, 6.45) is -3.42. The van der Waals surface area contributed by atoms with E-state index in [0.29, 0.717) is 29.2 Å². The van der Waals surface area contributed by atoms with Gasteiger partial charge in [0.2, 0.25) is 11.7 Å². The fourth-order valence-electron chi connectivity index (χ4n) is 3.49. The van der Waals surface area contributed by atoms with Crippen molar-refractivity contribution in [2.75, 3.05) is 11.4 Å². The first-order chi connectivity index (χ1) is 14.3. The number of fused-ring (bicyclic) bond motifs is 1. The van der Waals surface area contributed by atoms with E-state index in [4.69, 9.17) is 0 Å². The number of carbonyl (C=O) groups excluding carboxylic acids is 1. The van der Waals surface area contributed by atoms with Gasteiger partial charge in [-0.15, -0.1) is 0 Å². The van der Waals surface area contributed by atoms with Gasteiger partial charge >= 0.3 is 6.18 Å². The Hall–Kier alpha value is -2.95. The predicted octanol–water partition coefficient (Wildman–Crippen LogP) is 2.69. The summed E-state index contributed by atoms with van der Waals surface area (Å²) in [5.74, 6) is -1.46. The van der Waals surface area contributed by atoms with Gasteiger partial charge in [-0.05, 0) is 18.4 Å². The van der Waals surface area contributed by atoms with E-state index < -0.39 is 23.6 Å². The second-order valence-electron chi connectivity index (χ2n) is 7.00. The van der Waals surface area contributed by atoms with Crippen molar-refractivity contribution in [1.82, 2.24) is 19.9 Å². The van der Waals surface area contributed by atoms with E-state index in [9.17, 15) is 22.8 Å². The summed E-state index contributed by atoms with van der Waals surface area (Å²) in [6, 6.07) is 8.96. The number of amides is 1. The molecule has 0 radical (unpaired) electrons. The molecule has 11 heteroatoms. The zero-order valence-corrected chi connectivity index (χ0v) is 16.8. The molecule has 7 nitrogen and oxygen atoms in total. The molecule has 158 valence electrons. The molecule has 30 heavy (non-hydrogen) atoms. The number of aromatic nitrogens is 3. The molecule has 1 aromatic carbocycles. The number of benzene rings is 1. The third-order valence-corrected chi connectivity index (χ3v) is 5.98. The van der Waals surface area contributed by atoms with E-state index in [-0.39, 0.29) is 16.3 Å². The number of nitrogens with zero attached hydrogens (tertiary/aromatic N) is 4. The highest BCUT2D eigenvalue weighted by molar-refractivity contribution is 7.21. The van der Waals surface area contributed by atoms with Crippen LogP contribution >= 0.6 is 11.3 Å². The first-order valence-corrected chi connectivity index (χ1v) is 10.1. The Labute approximate surface area is 173 Å². The van der Waals surface area contributed by atoms with E-state index in [1.54, 1.807) is 4.90 Å². The lowest BCUT2D eigenvalue weighted by atomic mass is 10.2. The molecule has 2 aromatic heterocycles. The number of rotatable bonds is 4. The number of halogens is 3. The number of nitrogens with one attached hydrogen (secondary N) is 1. The summed E-state index contributed by atoms with van der Waals surface area (Å²) >= 11 is 0.894. The number of hydrogen-bond donors (Lipinski definition) is 1. The fraction of sp³-hybridized carbons (Fsp3) is 0.368. The van der Waals surface area contributed by atoms with Gasteiger partial charge in [0.05, 0.1) is 0 Å². The lowest BCUT2D eigenvalue weighted by molar-refractivity contribution is -0.147. The summed E-state index contributed by atoms with van der Waals surface area (Å²) in [6.45, 7) is 0.899. The highest BCUT2D eigenvalue weighted by Crippen LogP contribution is 2.33. The Kier molecular flexibility index (Phi) is 5.22. The molecule has 0 saturated carbocycles. The molecular weight excluding hydrogens is 419 g/mol. The van der Waals surface area contributed by atoms with Gasteiger partial charge in [-0.25, -0.2) is 9.97 Å². The molecule has 1 aliphatic rings. The zero-order chi connectivity index (χ0) is 21.5. The third-order valence-electron chi connectivity index (χ3n) is 4.99. The van der Waals surface area contributed by atoms with Crippen LogP contribution in [-0.4, -0.2) is 33.0 Å². The Bertz CT molecular complexity index is 1140. The molecule has 3 aromatic rings. The molecule has 1 aliphatic heterocycles. The van der Waals surface area contributed by atoms with Crippen molar-refractivity contribution >= 4 is 32.7 Å². The molecule has 1 fully saturated rings. The molecule has 0 unspecified atom stereocenters. The largest absolute Gasteiger partial charge is 0.449 e. The molecule has 0 spiro atoms. The van der Waals surface area contributed by atoms with Gasteiger partial charge in [0.1, 0.15) is 6.04 Å². The van der Waals surface area contributed by atoms with Crippen LogP contribution in [0.25, 0.3) is 10.3 Å². The normalized spacial score (nSPS) is 16.9. The van der Waals surface area contributed by atoms with Crippen LogP contribution in [-0.2, 0) is 24.6 Å². The molecule has 0 bridgehead atoms. The standard InChI is InChI=1S/C19H18F3N5O2S/c1-26-16(29)13-15(25-17(26)19(20,21)22)30-18(24-13)27-9-5-8-12(27)14(28)23-10-11-6-3-2-4-7-11/h2-4,6-7,12H,5,8-10H2,1H3,(H,23,28)/t12-/m1/s1. The summed E-state index contributed by atoms with van der Waals surface area (Å²) < 4.78 is 39.9. The fourth-order valence-corrected chi connectivity index (χ4v) is 4.50. The van der Waals surface area contributed by atoms with Crippen LogP contribution in [0.3, 0.4) is 0 Å². The second-order valence-corrected chi connectivity index (χ2v) is 7.96. The van der Waals surface area contributed by atoms with Gasteiger partial charge in [0, 0.05) is 20.1 Å². The first kappa shape index (κ1) is 20.3.